The van der Waals surface area contributed by atoms with E-state index in [0.29, 0.717) is 17.9 Å². The van der Waals surface area contributed by atoms with E-state index in [-0.39, 0.29) is 11.3 Å². The van der Waals surface area contributed by atoms with Gasteiger partial charge in [0.15, 0.2) is 0 Å². The van der Waals surface area contributed by atoms with E-state index >= 15 is 0 Å². The van der Waals surface area contributed by atoms with Crippen LogP contribution in [-0.4, -0.2) is 19.6 Å². The molecule has 1 aliphatic rings. The van der Waals surface area contributed by atoms with Crippen molar-refractivity contribution in [3.05, 3.63) is 50.6 Å². The highest BCUT2D eigenvalue weighted by molar-refractivity contribution is 9.10. The minimum atomic E-state index is -0.0568. The summed E-state index contributed by atoms with van der Waals surface area (Å²) in [6.45, 7) is 0.690. The lowest BCUT2D eigenvalue weighted by Crippen LogP contribution is -2.38. The Bertz CT molecular complexity index is 678. The summed E-state index contributed by atoms with van der Waals surface area (Å²) >= 11 is 5.25. The number of benzene rings is 1. The summed E-state index contributed by atoms with van der Waals surface area (Å²) in [5.74, 6) is 0.630. The summed E-state index contributed by atoms with van der Waals surface area (Å²) in [5, 5.41) is 5.27. The van der Waals surface area contributed by atoms with Gasteiger partial charge in [-0.15, -0.1) is 11.3 Å². The topological polar surface area (TPSA) is 38.3 Å². The number of halogens is 1. The molecule has 1 saturated carbocycles. The SMILES string of the molecule is COc1ccc(Br)c(C(=O)NCC2(c3cccs3)CCCC2)c1. The number of carbonyl (C=O) groups is 1. The van der Waals surface area contributed by atoms with Crippen molar-refractivity contribution in [1.82, 2.24) is 5.32 Å². The summed E-state index contributed by atoms with van der Waals surface area (Å²) < 4.78 is 6.00. The van der Waals surface area contributed by atoms with Crippen LogP contribution in [0.25, 0.3) is 0 Å². The molecule has 1 N–H and O–H groups in total. The molecule has 0 spiro atoms. The molecule has 5 heteroatoms. The van der Waals surface area contributed by atoms with E-state index in [2.05, 4.69) is 38.8 Å². The lowest BCUT2D eigenvalue weighted by Gasteiger charge is -2.28. The smallest absolute Gasteiger partial charge is 0.252 e. The lowest BCUT2D eigenvalue weighted by atomic mass is 9.84. The zero-order chi connectivity index (χ0) is 16.3. The van der Waals surface area contributed by atoms with Crippen LogP contribution in [0.4, 0.5) is 0 Å². The largest absolute Gasteiger partial charge is 0.497 e. The van der Waals surface area contributed by atoms with Gasteiger partial charge in [-0.05, 0) is 58.4 Å². The molecule has 23 heavy (non-hydrogen) atoms. The Morgan fingerprint density at radius 1 is 1.35 bits per heavy atom. The average molecular weight is 394 g/mol. The van der Waals surface area contributed by atoms with E-state index in [1.54, 1.807) is 24.5 Å². The summed E-state index contributed by atoms with van der Waals surface area (Å²) in [5.41, 5.74) is 0.721. The van der Waals surface area contributed by atoms with Crippen LogP contribution in [0.1, 0.15) is 40.9 Å². The molecule has 0 bridgehead atoms. The van der Waals surface area contributed by atoms with Gasteiger partial charge in [-0.3, -0.25) is 4.79 Å². The van der Waals surface area contributed by atoms with Crippen LogP contribution >= 0.6 is 27.3 Å². The van der Waals surface area contributed by atoms with Crippen LogP contribution in [0, 0.1) is 0 Å². The highest BCUT2D eigenvalue weighted by Crippen LogP contribution is 2.42. The molecular formula is C18H20BrNO2S. The van der Waals surface area contributed by atoms with Crippen molar-refractivity contribution in [2.45, 2.75) is 31.1 Å². The number of thiophene rings is 1. The maximum absolute atomic E-state index is 12.6. The number of ether oxygens (including phenoxy) is 1. The molecule has 1 aliphatic carbocycles. The molecule has 1 aromatic heterocycles. The quantitative estimate of drug-likeness (QED) is 0.794. The Balaban J connectivity index is 1.75. The zero-order valence-corrected chi connectivity index (χ0v) is 15.5. The first-order valence-corrected chi connectivity index (χ1v) is 9.48. The molecule has 0 unspecified atom stereocenters. The first-order chi connectivity index (χ1) is 11.1. The van der Waals surface area contributed by atoms with Crippen LogP contribution in [0.5, 0.6) is 5.75 Å². The van der Waals surface area contributed by atoms with E-state index in [4.69, 9.17) is 4.74 Å². The Morgan fingerprint density at radius 2 is 2.13 bits per heavy atom. The van der Waals surface area contributed by atoms with Crippen LogP contribution in [0.3, 0.4) is 0 Å². The number of amides is 1. The summed E-state index contributed by atoms with van der Waals surface area (Å²) in [6, 6.07) is 9.75. The van der Waals surface area contributed by atoms with E-state index in [1.807, 2.05) is 12.1 Å². The second-order valence-electron chi connectivity index (χ2n) is 5.99. The average Bonchev–Trinajstić information content (AvgIpc) is 3.25. The number of carbonyl (C=O) groups excluding carboxylic acids is 1. The summed E-state index contributed by atoms with van der Waals surface area (Å²) in [6.07, 6.45) is 4.76. The van der Waals surface area contributed by atoms with Crippen molar-refractivity contribution in [1.29, 1.82) is 0 Å². The Kier molecular flexibility index (Phi) is 5.07. The van der Waals surface area contributed by atoms with Crippen molar-refractivity contribution >= 4 is 33.2 Å². The van der Waals surface area contributed by atoms with Gasteiger partial charge in [-0.25, -0.2) is 0 Å². The van der Waals surface area contributed by atoms with E-state index < -0.39 is 0 Å². The van der Waals surface area contributed by atoms with Gasteiger partial charge in [0.2, 0.25) is 0 Å². The number of nitrogens with one attached hydrogen (secondary N) is 1. The van der Waals surface area contributed by atoms with E-state index in [9.17, 15) is 4.79 Å². The fraction of sp³-hybridized carbons (Fsp3) is 0.389. The summed E-state index contributed by atoms with van der Waals surface area (Å²) in [4.78, 5) is 14.0. The molecule has 1 amide bonds. The molecule has 0 atom stereocenters. The minimum Gasteiger partial charge on any atom is -0.497 e. The fourth-order valence-electron chi connectivity index (χ4n) is 3.29. The molecule has 0 radical (unpaired) electrons. The highest BCUT2D eigenvalue weighted by Gasteiger charge is 2.36. The molecule has 3 rings (SSSR count). The number of hydrogen-bond donors (Lipinski definition) is 1. The van der Waals surface area contributed by atoms with Gasteiger partial charge in [-0.1, -0.05) is 18.9 Å². The van der Waals surface area contributed by atoms with Crippen LogP contribution in [0.15, 0.2) is 40.2 Å². The van der Waals surface area contributed by atoms with Gasteiger partial charge >= 0.3 is 0 Å². The van der Waals surface area contributed by atoms with Gasteiger partial charge in [0, 0.05) is 21.3 Å². The summed E-state index contributed by atoms with van der Waals surface area (Å²) in [7, 11) is 1.61. The van der Waals surface area contributed by atoms with Crippen molar-refractivity contribution in [3.8, 4) is 5.75 Å². The van der Waals surface area contributed by atoms with Gasteiger partial charge < -0.3 is 10.1 Å². The van der Waals surface area contributed by atoms with E-state index in [0.717, 1.165) is 17.3 Å². The van der Waals surface area contributed by atoms with Crippen molar-refractivity contribution in [2.24, 2.45) is 0 Å². The molecule has 2 aromatic rings. The normalized spacial score (nSPS) is 16.3. The second-order valence-corrected chi connectivity index (χ2v) is 7.80. The molecule has 0 saturated heterocycles. The zero-order valence-electron chi connectivity index (χ0n) is 13.1. The Hall–Kier alpha value is -1.33. The monoisotopic (exact) mass is 393 g/mol. The van der Waals surface area contributed by atoms with Crippen molar-refractivity contribution in [3.63, 3.8) is 0 Å². The predicted octanol–water partition coefficient (Wildman–Crippen LogP) is 4.76. The predicted molar refractivity (Wildman–Crippen MR) is 97.5 cm³/mol. The molecule has 1 aromatic carbocycles. The number of hydrogen-bond acceptors (Lipinski definition) is 3. The number of methoxy groups -OCH3 is 1. The third kappa shape index (κ3) is 3.45. The van der Waals surface area contributed by atoms with E-state index in [1.165, 1.54) is 17.7 Å². The molecule has 1 fully saturated rings. The van der Waals surface area contributed by atoms with Gasteiger partial charge in [0.05, 0.1) is 12.7 Å². The third-order valence-electron chi connectivity index (χ3n) is 4.61. The second kappa shape index (κ2) is 7.05. The van der Waals surface area contributed by atoms with Crippen LogP contribution < -0.4 is 10.1 Å². The van der Waals surface area contributed by atoms with Crippen molar-refractivity contribution < 1.29 is 9.53 Å². The first kappa shape index (κ1) is 16.5. The standard InChI is InChI=1S/C18H20BrNO2S/c1-22-13-6-7-15(19)14(11-13)17(21)20-12-18(8-2-3-9-18)16-5-4-10-23-16/h4-7,10-11H,2-3,8-9,12H2,1H3,(H,20,21). The Morgan fingerprint density at radius 3 is 2.78 bits per heavy atom. The number of rotatable bonds is 5. The minimum absolute atomic E-state index is 0.0568. The maximum atomic E-state index is 12.6. The fourth-order valence-corrected chi connectivity index (χ4v) is 4.71. The van der Waals surface area contributed by atoms with Crippen LogP contribution in [-0.2, 0) is 5.41 Å². The Labute approximate surface area is 149 Å². The third-order valence-corrected chi connectivity index (χ3v) is 6.42. The first-order valence-electron chi connectivity index (χ1n) is 7.80. The molecular weight excluding hydrogens is 374 g/mol. The van der Waals surface area contributed by atoms with Crippen LogP contribution in [0.2, 0.25) is 0 Å². The molecule has 1 heterocycles. The lowest BCUT2D eigenvalue weighted by molar-refractivity contribution is 0.0942. The van der Waals surface area contributed by atoms with Gasteiger partial charge in [0.1, 0.15) is 5.75 Å². The maximum Gasteiger partial charge on any atom is 0.252 e. The molecule has 122 valence electrons. The highest BCUT2D eigenvalue weighted by atomic mass is 79.9. The van der Waals surface area contributed by atoms with Gasteiger partial charge in [-0.2, -0.15) is 0 Å². The molecule has 3 nitrogen and oxygen atoms in total. The molecule has 0 aliphatic heterocycles. The van der Waals surface area contributed by atoms with Gasteiger partial charge in [0.25, 0.3) is 5.91 Å². The van der Waals surface area contributed by atoms with Crippen molar-refractivity contribution in [2.75, 3.05) is 13.7 Å².